The zero-order chi connectivity index (χ0) is 15.1. The standard InChI is InChI=1S/C14H21N3O.CH6NO/c15-11-2-1-3-13(8-11)16-12-4-6-17(7-5-12)14-9-18-10-14;1-3-2/h1-3,8,12,14,16H,4-7,9-10,15H2;1-2H3/q;+1. The Morgan fingerprint density at radius 3 is 2.52 bits per heavy atom. The summed E-state index contributed by atoms with van der Waals surface area (Å²) in [7, 11) is 1.51. The second-order valence-corrected chi connectivity index (χ2v) is 5.56. The van der Waals surface area contributed by atoms with Gasteiger partial charge in [0, 0.05) is 30.5 Å². The van der Waals surface area contributed by atoms with Crippen LogP contribution in [0, 0.1) is 0 Å². The quantitative estimate of drug-likeness (QED) is 0.553. The van der Waals surface area contributed by atoms with Crippen LogP contribution in [0.5, 0.6) is 0 Å². The maximum atomic E-state index is 5.79. The number of ether oxygens (including phenoxy) is 1. The zero-order valence-electron chi connectivity index (χ0n) is 12.8. The van der Waals surface area contributed by atoms with Gasteiger partial charge in [-0.05, 0) is 31.0 Å². The highest BCUT2D eigenvalue weighted by molar-refractivity contribution is 5.54. The second kappa shape index (κ2) is 8.19. The molecule has 6 nitrogen and oxygen atoms in total. The Kier molecular flexibility index (Phi) is 6.25. The maximum absolute atomic E-state index is 5.79. The number of nitrogens with zero attached hydrogens (tertiary/aromatic N) is 1. The SMILES string of the molecule is CO[NH3+].Nc1cccc(NC2CCN(C3COC3)CC2)c1. The predicted octanol–water partition coefficient (Wildman–Crippen LogP) is 0.334. The summed E-state index contributed by atoms with van der Waals surface area (Å²) in [6, 6.07) is 9.26. The largest absolute Gasteiger partial charge is 0.399 e. The first kappa shape index (κ1) is 16.0. The van der Waals surface area contributed by atoms with Gasteiger partial charge in [0.1, 0.15) is 0 Å². The molecule has 0 aromatic heterocycles. The summed E-state index contributed by atoms with van der Waals surface area (Å²) < 4.78 is 5.25. The number of hydrogen-bond donors (Lipinski definition) is 3. The average molecular weight is 295 g/mol. The second-order valence-electron chi connectivity index (χ2n) is 5.56. The molecule has 2 saturated heterocycles. The number of nitrogens with two attached hydrogens (primary N) is 1. The van der Waals surface area contributed by atoms with Crippen molar-refractivity contribution in [3.05, 3.63) is 24.3 Å². The lowest BCUT2D eigenvalue weighted by atomic mass is 10.0. The Hall–Kier alpha value is -1.34. The van der Waals surface area contributed by atoms with Gasteiger partial charge in [0.05, 0.1) is 26.4 Å². The van der Waals surface area contributed by atoms with E-state index in [4.69, 9.17) is 10.5 Å². The zero-order valence-corrected chi connectivity index (χ0v) is 12.8. The Morgan fingerprint density at radius 1 is 1.33 bits per heavy atom. The molecule has 1 aromatic carbocycles. The smallest absolute Gasteiger partial charge is 0.0951 e. The van der Waals surface area contributed by atoms with E-state index in [1.54, 1.807) is 0 Å². The molecular formula is C15H27N4O2+. The molecule has 2 aliphatic rings. The van der Waals surface area contributed by atoms with Crippen molar-refractivity contribution in [2.24, 2.45) is 0 Å². The first-order chi connectivity index (χ1) is 10.2. The first-order valence-corrected chi connectivity index (χ1v) is 7.45. The molecule has 2 heterocycles. The van der Waals surface area contributed by atoms with Crippen molar-refractivity contribution in [1.29, 1.82) is 0 Å². The normalized spacial score (nSPS) is 20.3. The molecule has 0 bridgehead atoms. The van der Waals surface area contributed by atoms with E-state index in [-0.39, 0.29) is 0 Å². The number of piperidine rings is 1. The van der Waals surface area contributed by atoms with E-state index in [9.17, 15) is 0 Å². The van der Waals surface area contributed by atoms with Crippen molar-refractivity contribution >= 4 is 11.4 Å². The van der Waals surface area contributed by atoms with E-state index in [0.717, 1.165) is 24.6 Å². The van der Waals surface area contributed by atoms with Crippen LogP contribution in [0.3, 0.4) is 0 Å². The molecule has 0 atom stereocenters. The average Bonchev–Trinajstić information content (AvgIpc) is 2.40. The molecule has 0 saturated carbocycles. The summed E-state index contributed by atoms with van der Waals surface area (Å²) >= 11 is 0. The van der Waals surface area contributed by atoms with Gasteiger partial charge in [0.25, 0.3) is 0 Å². The van der Waals surface area contributed by atoms with Crippen LogP contribution in [0.15, 0.2) is 24.3 Å². The lowest BCUT2D eigenvalue weighted by molar-refractivity contribution is -0.679. The van der Waals surface area contributed by atoms with Gasteiger partial charge in [0.15, 0.2) is 0 Å². The van der Waals surface area contributed by atoms with E-state index in [1.807, 2.05) is 18.2 Å². The molecule has 6 heteroatoms. The number of benzene rings is 1. The molecule has 2 fully saturated rings. The number of nitrogens with one attached hydrogen (secondary N) is 1. The fourth-order valence-corrected chi connectivity index (χ4v) is 2.71. The lowest BCUT2D eigenvalue weighted by Crippen LogP contribution is -2.53. The third kappa shape index (κ3) is 4.86. The van der Waals surface area contributed by atoms with Crippen LogP contribution in [0.4, 0.5) is 11.4 Å². The number of hydrogen-bond acceptors (Lipinski definition) is 5. The van der Waals surface area contributed by atoms with Gasteiger partial charge in [-0.3, -0.25) is 4.90 Å². The molecule has 1 aromatic rings. The predicted molar refractivity (Wildman–Crippen MR) is 83.6 cm³/mol. The number of rotatable bonds is 3. The summed E-state index contributed by atoms with van der Waals surface area (Å²) in [6.45, 7) is 4.20. The fraction of sp³-hybridized carbons (Fsp3) is 0.600. The molecule has 2 aliphatic heterocycles. The minimum atomic E-state index is 0.573. The van der Waals surface area contributed by atoms with Crippen LogP contribution in [-0.4, -0.2) is 50.4 Å². The highest BCUT2D eigenvalue weighted by Gasteiger charge is 2.29. The van der Waals surface area contributed by atoms with Gasteiger partial charge in [-0.2, -0.15) is 0 Å². The molecule has 21 heavy (non-hydrogen) atoms. The van der Waals surface area contributed by atoms with Crippen LogP contribution in [-0.2, 0) is 9.57 Å². The van der Waals surface area contributed by atoms with Gasteiger partial charge in [-0.1, -0.05) is 6.07 Å². The van der Waals surface area contributed by atoms with Crippen molar-refractivity contribution in [2.45, 2.75) is 24.9 Å². The van der Waals surface area contributed by atoms with Crippen molar-refractivity contribution in [1.82, 2.24) is 4.90 Å². The molecule has 0 spiro atoms. The molecule has 0 unspecified atom stereocenters. The molecular weight excluding hydrogens is 268 g/mol. The van der Waals surface area contributed by atoms with Gasteiger partial charge in [-0.25, -0.2) is 10.7 Å². The van der Waals surface area contributed by atoms with Crippen LogP contribution in [0.1, 0.15) is 12.8 Å². The monoisotopic (exact) mass is 295 g/mol. The summed E-state index contributed by atoms with van der Waals surface area (Å²) in [6.07, 6.45) is 2.40. The third-order valence-electron chi connectivity index (χ3n) is 3.92. The van der Waals surface area contributed by atoms with Gasteiger partial charge < -0.3 is 15.8 Å². The van der Waals surface area contributed by atoms with Gasteiger partial charge in [0.2, 0.25) is 0 Å². The summed E-state index contributed by atoms with van der Waals surface area (Å²) in [5, 5.41) is 3.58. The summed E-state index contributed by atoms with van der Waals surface area (Å²) in [5.41, 5.74) is 7.75. The number of nitrogen functional groups attached to an aromatic ring is 1. The topological polar surface area (TPSA) is 87.4 Å². The minimum absolute atomic E-state index is 0.573. The van der Waals surface area contributed by atoms with E-state index >= 15 is 0 Å². The van der Waals surface area contributed by atoms with Crippen LogP contribution in [0.2, 0.25) is 0 Å². The number of likely N-dealkylation sites (tertiary alicyclic amines) is 1. The molecule has 3 rings (SSSR count). The Labute approximate surface area is 126 Å². The fourth-order valence-electron chi connectivity index (χ4n) is 2.71. The van der Waals surface area contributed by atoms with Crippen molar-refractivity contribution in [3.63, 3.8) is 0 Å². The molecule has 0 amide bonds. The molecule has 0 radical (unpaired) electrons. The highest BCUT2D eigenvalue weighted by atomic mass is 16.6. The van der Waals surface area contributed by atoms with Crippen LogP contribution in [0.25, 0.3) is 0 Å². The van der Waals surface area contributed by atoms with E-state index < -0.39 is 0 Å². The Balaban J connectivity index is 0.000000497. The highest BCUT2D eigenvalue weighted by Crippen LogP contribution is 2.21. The Bertz CT molecular complexity index is 418. The lowest BCUT2D eigenvalue weighted by Gasteiger charge is -2.41. The van der Waals surface area contributed by atoms with Crippen molar-refractivity contribution < 1.29 is 15.5 Å². The van der Waals surface area contributed by atoms with Crippen molar-refractivity contribution in [3.8, 4) is 0 Å². The van der Waals surface area contributed by atoms with E-state index in [2.05, 4.69) is 27.0 Å². The first-order valence-electron chi connectivity index (χ1n) is 7.45. The van der Waals surface area contributed by atoms with Gasteiger partial charge in [-0.15, -0.1) is 0 Å². The molecule has 0 aliphatic carbocycles. The third-order valence-corrected chi connectivity index (χ3v) is 3.92. The van der Waals surface area contributed by atoms with Gasteiger partial charge >= 0.3 is 0 Å². The Morgan fingerprint density at radius 2 is 2.00 bits per heavy atom. The van der Waals surface area contributed by atoms with E-state index in [0.29, 0.717) is 12.1 Å². The molecule has 118 valence electrons. The number of quaternary nitrogens is 1. The van der Waals surface area contributed by atoms with Crippen LogP contribution >= 0.6 is 0 Å². The van der Waals surface area contributed by atoms with Crippen molar-refractivity contribution in [2.75, 3.05) is 44.5 Å². The van der Waals surface area contributed by atoms with E-state index in [1.165, 1.54) is 33.0 Å². The number of anilines is 2. The maximum Gasteiger partial charge on any atom is 0.0951 e. The molecule has 6 N–H and O–H groups in total. The van der Waals surface area contributed by atoms with Crippen LogP contribution < -0.4 is 16.9 Å². The minimum Gasteiger partial charge on any atom is -0.399 e. The summed E-state index contributed by atoms with van der Waals surface area (Å²) in [4.78, 5) is 6.56. The summed E-state index contributed by atoms with van der Waals surface area (Å²) in [5.74, 6) is 2.99.